The molecule has 0 unspecified atom stereocenters. The summed E-state index contributed by atoms with van der Waals surface area (Å²) >= 11 is 2.12. The molecule has 17 heavy (non-hydrogen) atoms. The minimum absolute atomic E-state index is 0.415. The van der Waals surface area contributed by atoms with Crippen LogP contribution in [0.5, 0.6) is 0 Å². The Kier molecular flexibility index (Phi) is 3.85. The van der Waals surface area contributed by atoms with Crippen LogP contribution in [0.2, 0.25) is 0 Å². The molecule has 0 fully saturated rings. The van der Waals surface area contributed by atoms with E-state index in [0.29, 0.717) is 18.2 Å². The topological polar surface area (TPSA) is 73.9 Å². The molecule has 0 saturated heterocycles. The summed E-state index contributed by atoms with van der Waals surface area (Å²) in [5, 5.41) is 0. The standard InChI is InChI=1S/C11H11IN4O/c1-17-6-8-9(12)10(13)16-11(15-8)7-3-2-4-14-5-7/h2-5H,6H2,1H3,(H2,13,15,16). The monoisotopic (exact) mass is 342 g/mol. The van der Waals surface area contributed by atoms with Crippen molar-refractivity contribution < 1.29 is 4.74 Å². The van der Waals surface area contributed by atoms with E-state index in [-0.39, 0.29) is 0 Å². The van der Waals surface area contributed by atoms with Crippen LogP contribution in [0.25, 0.3) is 11.4 Å². The molecule has 0 atom stereocenters. The van der Waals surface area contributed by atoms with Gasteiger partial charge >= 0.3 is 0 Å². The number of nitrogens with two attached hydrogens (primary N) is 1. The maximum Gasteiger partial charge on any atom is 0.163 e. The summed E-state index contributed by atoms with van der Waals surface area (Å²) in [6.07, 6.45) is 3.41. The van der Waals surface area contributed by atoms with E-state index in [9.17, 15) is 0 Å². The molecule has 2 aromatic rings. The highest BCUT2D eigenvalue weighted by Crippen LogP contribution is 2.21. The molecule has 2 aromatic heterocycles. The molecule has 0 aromatic carbocycles. The number of hydrogen-bond donors (Lipinski definition) is 1. The van der Waals surface area contributed by atoms with Crippen LogP contribution in [0.3, 0.4) is 0 Å². The predicted molar refractivity (Wildman–Crippen MR) is 73.1 cm³/mol. The Morgan fingerprint density at radius 2 is 2.24 bits per heavy atom. The first-order valence-corrected chi connectivity index (χ1v) is 6.01. The predicted octanol–water partition coefficient (Wildman–Crippen LogP) is 1.87. The fraction of sp³-hybridized carbons (Fsp3) is 0.182. The second kappa shape index (κ2) is 5.37. The highest BCUT2D eigenvalue weighted by molar-refractivity contribution is 14.1. The number of methoxy groups -OCH3 is 1. The molecule has 0 aliphatic heterocycles. The molecule has 0 aliphatic carbocycles. The smallest absolute Gasteiger partial charge is 0.163 e. The minimum atomic E-state index is 0.415. The van der Waals surface area contributed by atoms with E-state index in [4.69, 9.17) is 10.5 Å². The van der Waals surface area contributed by atoms with Crippen LogP contribution in [-0.2, 0) is 11.3 Å². The molecule has 5 nitrogen and oxygen atoms in total. The summed E-state index contributed by atoms with van der Waals surface area (Å²) in [7, 11) is 1.62. The number of halogens is 1. The van der Waals surface area contributed by atoms with Gasteiger partial charge in [-0.05, 0) is 34.7 Å². The van der Waals surface area contributed by atoms with Gasteiger partial charge in [-0.25, -0.2) is 9.97 Å². The Morgan fingerprint density at radius 3 is 2.88 bits per heavy atom. The van der Waals surface area contributed by atoms with Gasteiger partial charge in [-0.1, -0.05) is 0 Å². The quantitative estimate of drug-likeness (QED) is 0.862. The van der Waals surface area contributed by atoms with Gasteiger partial charge in [-0.15, -0.1) is 0 Å². The molecule has 2 N–H and O–H groups in total. The summed E-state index contributed by atoms with van der Waals surface area (Å²) in [5.41, 5.74) is 7.49. The second-order valence-corrected chi connectivity index (χ2v) is 4.45. The molecule has 0 saturated carbocycles. The lowest BCUT2D eigenvalue weighted by atomic mass is 10.2. The van der Waals surface area contributed by atoms with Gasteiger partial charge in [-0.3, -0.25) is 4.98 Å². The van der Waals surface area contributed by atoms with Gasteiger partial charge in [0.2, 0.25) is 0 Å². The first-order chi connectivity index (χ1) is 8.22. The van der Waals surface area contributed by atoms with Crippen molar-refractivity contribution in [1.29, 1.82) is 0 Å². The molecule has 0 aliphatic rings. The number of hydrogen-bond acceptors (Lipinski definition) is 5. The Balaban J connectivity index is 2.49. The zero-order valence-corrected chi connectivity index (χ0v) is 11.4. The molecule has 2 rings (SSSR count). The maximum atomic E-state index is 5.85. The van der Waals surface area contributed by atoms with Gasteiger partial charge < -0.3 is 10.5 Å². The number of pyridine rings is 1. The van der Waals surface area contributed by atoms with Crippen molar-refractivity contribution in [3.63, 3.8) is 0 Å². The third-order valence-corrected chi connectivity index (χ3v) is 3.32. The number of anilines is 1. The Bertz CT molecular complexity index is 518. The van der Waals surface area contributed by atoms with Gasteiger partial charge in [0.15, 0.2) is 5.82 Å². The maximum absolute atomic E-state index is 5.85. The number of nitrogens with zero attached hydrogens (tertiary/aromatic N) is 3. The Morgan fingerprint density at radius 1 is 1.41 bits per heavy atom. The molecule has 0 spiro atoms. The van der Waals surface area contributed by atoms with E-state index in [2.05, 4.69) is 37.5 Å². The number of ether oxygens (including phenoxy) is 1. The molecular weight excluding hydrogens is 331 g/mol. The molecule has 0 radical (unpaired) electrons. The third kappa shape index (κ3) is 2.70. The van der Waals surface area contributed by atoms with Crippen LogP contribution < -0.4 is 5.73 Å². The fourth-order valence-electron chi connectivity index (χ4n) is 1.37. The van der Waals surface area contributed by atoms with Crippen molar-refractivity contribution in [2.75, 3.05) is 12.8 Å². The SMILES string of the molecule is COCc1nc(-c2cccnc2)nc(N)c1I. The summed E-state index contributed by atoms with van der Waals surface area (Å²) in [6, 6.07) is 3.73. The van der Waals surface area contributed by atoms with Gasteiger partial charge in [0.05, 0.1) is 15.9 Å². The van der Waals surface area contributed by atoms with Crippen LogP contribution in [0.4, 0.5) is 5.82 Å². The zero-order chi connectivity index (χ0) is 12.3. The van der Waals surface area contributed by atoms with Crippen LogP contribution in [0.15, 0.2) is 24.5 Å². The van der Waals surface area contributed by atoms with Gasteiger partial charge in [-0.2, -0.15) is 0 Å². The lowest BCUT2D eigenvalue weighted by molar-refractivity contribution is 0.181. The molecule has 2 heterocycles. The molecular formula is C11H11IN4O. The van der Waals surface area contributed by atoms with Crippen molar-refractivity contribution in [3.8, 4) is 11.4 Å². The average molecular weight is 342 g/mol. The lowest BCUT2D eigenvalue weighted by Gasteiger charge is -2.08. The van der Waals surface area contributed by atoms with E-state index in [1.807, 2.05) is 12.1 Å². The van der Waals surface area contributed by atoms with Crippen molar-refractivity contribution in [3.05, 3.63) is 33.8 Å². The molecule has 6 heteroatoms. The largest absolute Gasteiger partial charge is 0.383 e. The highest BCUT2D eigenvalue weighted by Gasteiger charge is 2.11. The van der Waals surface area contributed by atoms with Crippen molar-refractivity contribution >= 4 is 28.4 Å². The van der Waals surface area contributed by atoms with E-state index in [1.165, 1.54) is 0 Å². The average Bonchev–Trinajstić information content (AvgIpc) is 2.36. The van der Waals surface area contributed by atoms with Crippen molar-refractivity contribution in [2.45, 2.75) is 6.61 Å². The zero-order valence-electron chi connectivity index (χ0n) is 9.22. The highest BCUT2D eigenvalue weighted by atomic mass is 127. The normalized spacial score (nSPS) is 10.5. The van der Waals surface area contributed by atoms with E-state index < -0.39 is 0 Å². The fourth-order valence-corrected chi connectivity index (χ4v) is 1.77. The second-order valence-electron chi connectivity index (χ2n) is 3.37. The molecule has 88 valence electrons. The van der Waals surface area contributed by atoms with Crippen molar-refractivity contribution in [1.82, 2.24) is 15.0 Å². The number of aromatic nitrogens is 3. The summed E-state index contributed by atoms with van der Waals surface area (Å²) in [4.78, 5) is 12.7. The number of nitrogen functional groups attached to an aromatic ring is 1. The van der Waals surface area contributed by atoms with Gasteiger partial charge in [0.25, 0.3) is 0 Å². The molecule has 0 amide bonds. The molecule has 0 bridgehead atoms. The van der Waals surface area contributed by atoms with Crippen LogP contribution >= 0.6 is 22.6 Å². The summed E-state index contributed by atoms with van der Waals surface area (Å²) < 4.78 is 5.92. The summed E-state index contributed by atoms with van der Waals surface area (Å²) in [5.74, 6) is 1.04. The van der Waals surface area contributed by atoms with Gasteiger partial charge in [0, 0.05) is 25.1 Å². The minimum Gasteiger partial charge on any atom is -0.383 e. The third-order valence-electron chi connectivity index (χ3n) is 2.15. The van der Waals surface area contributed by atoms with Crippen LogP contribution in [0, 0.1) is 3.57 Å². The van der Waals surface area contributed by atoms with Crippen LogP contribution in [-0.4, -0.2) is 22.1 Å². The van der Waals surface area contributed by atoms with E-state index in [1.54, 1.807) is 19.5 Å². The van der Waals surface area contributed by atoms with Gasteiger partial charge in [0.1, 0.15) is 5.82 Å². The number of rotatable bonds is 3. The van der Waals surface area contributed by atoms with Crippen LogP contribution in [0.1, 0.15) is 5.69 Å². The lowest BCUT2D eigenvalue weighted by Crippen LogP contribution is -2.05. The van der Waals surface area contributed by atoms with E-state index in [0.717, 1.165) is 14.8 Å². The first-order valence-electron chi connectivity index (χ1n) is 4.93. The first kappa shape index (κ1) is 12.2. The summed E-state index contributed by atoms with van der Waals surface area (Å²) in [6.45, 7) is 0.415. The Hall–Kier alpha value is -1.28. The van der Waals surface area contributed by atoms with Crippen molar-refractivity contribution in [2.24, 2.45) is 0 Å². The van der Waals surface area contributed by atoms with E-state index >= 15 is 0 Å². The Labute approximate surface area is 113 Å².